The summed E-state index contributed by atoms with van der Waals surface area (Å²) in [6.45, 7) is 0. The largest absolute Gasteiger partial charge is 0.389 e. The van der Waals surface area contributed by atoms with Crippen molar-refractivity contribution in [3.63, 3.8) is 0 Å². The zero-order chi connectivity index (χ0) is 25.5. The summed E-state index contributed by atoms with van der Waals surface area (Å²) in [6.07, 6.45) is 2.18. The number of aliphatic hydroxyl groups is 1. The van der Waals surface area contributed by atoms with Gasteiger partial charge in [0.05, 0.1) is 21.1 Å². The maximum Gasteiger partial charge on any atom is 0.255 e. The fourth-order valence-electron chi connectivity index (χ4n) is 5.85. The van der Waals surface area contributed by atoms with Crippen LogP contribution in [0.2, 0.25) is 5.02 Å². The molecule has 3 N–H and O–H groups in total. The standard InChI is InChI=1S/C24H23ClF2N2O5S/c1-35(33,34)14-4-2-3-12(7-14)22(31)29-19(21(28)30)8-13-11-24(13,29)20(23(32)5-6-23)15-9-18(27)16(25)10-17(15)26/h2-4,7,9-10,13,19-20,32H,5-6,8,11H2,1H3,(H2,28,30)/t13?,19?,20-,24?/m1/s1. The Bertz CT molecular complexity index is 1380. The molecule has 3 unspecified atom stereocenters. The molecule has 186 valence electrons. The van der Waals surface area contributed by atoms with Crippen LogP contribution in [0, 0.1) is 17.6 Å². The fraction of sp³-hybridized carbons (Fsp3) is 0.417. The Morgan fingerprint density at radius 1 is 1.20 bits per heavy atom. The van der Waals surface area contributed by atoms with Gasteiger partial charge in [0.15, 0.2) is 9.84 Å². The maximum atomic E-state index is 15.1. The van der Waals surface area contributed by atoms with Crippen LogP contribution >= 0.6 is 11.6 Å². The molecule has 0 spiro atoms. The molecule has 0 bridgehead atoms. The van der Waals surface area contributed by atoms with Gasteiger partial charge in [-0.15, -0.1) is 0 Å². The SMILES string of the molecule is CS(=O)(=O)c1cccc(C(=O)N2C(C(N)=O)CC3CC32[C@H](c2cc(F)c(Cl)cc2F)C2(O)CC2)c1. The summed E-state index contributed by atoms with van der Waals surface area (Å²) in [4.78, 5) is 27.4. The van der Waals surface area contributed by atoms with Crippen molar-refractivity contribution in [1.29, 1.82) is 0 Å². The highest BCUT2D eigenvalue weighted by molar-refractivity contribution is 7.90. The van der Waals surface area contributed by atoms with Crippen LogP contribution in [0.5, 0.6) is 0 Å². The van der Waals surface area contributed by atoms with Crippen molar-refractivity contribution in [3.05, 3.63) is 64.2 Å². The van der Waals surface area contributed by atoms with Gasteiger partial charge >= 0.3 is 0 Å². The molecule has 4 atom stereocenters. The van der Waals surface area contributed by atoms with E-state index >= 15 is 4.39 Å². The van der Waals surface area contributed by atoms with E-state index in [4.69, 9.17) is 17.3 Å². The first-order valence-electron chi connectivity index (χ1n) is 11.1. The number of halogens is 3. The van der Waals surface area contributed by atoms with E-state index in [0.29, 0.717) is 19.3 Å². The number of rotatable bonds is 6. The molecule has 2 aromatic rings. The zero-order valence-corrected chi connectivity index (χ0v) is 20.2. The van der Waals surface area contributed by atoms with Gasteiger partial charge in [0.25, 0.3) is 5.91 Å². The summed E-state index contributed by atoms with van der Waals surface area (Å²) >= 11 is 5.75. The van der Waals surface area contributed by atoms with Gasteiger partial charge in [-0.2, -0.15) is 0 Å². The number of piperidine rings is 1. The molecule has 5 rings (SSSR count). The molecular formula is C24H23ClF2N2O5S. The van der Waals surface area contributed by atoms with Gasteiger partial charge in [-0.1, -0.05) is 17.7 Å². The second-order valence-corrected chi connectivity index (χ2v) is 12.3. The molecule has 3 aliphatic rings. The minimum absolute atomic E-state index is 0.00963. The summed E-state index contributed by atoms with van der Waals surface area (Å²) in [7, 11) is -3.62. The number of hydrogen-bond donors (Lipinski definition) is 2. The molecule has 2 amide bonds. The number of nitrogens with zero attached hydrogens (tertiary/aromatic N) is 1. The van der Waals surface area contributed by atoms with Crippen LogP contribution < -0.4 is 5.73 Å². The van der Waals surface area contributed by atoms with E-state index in [1.165, 1.54) is 29.2 Å². The third kappa shape index (κ3) is 3.73. The number of benzene rings is 2. The maximum absolute atomic E-state index is 15.1. The van der Waals surface area contributed by atoms with Gasteiger partial charge in [0, 0.05) is 17.7 Å². The number of nitrogens with two attached hydrogens (primary N) is 1. The molecular weight excluding hydrogens is 502 g/mol. The lowest BCUT2D eigenvalue weighted by Crippen LogP contribution is -2.55. The minimum atomic E-state index is -3.62. The predicted molar refractivity (Wildman–Crippen MR) is 122 cm³/mol. The van der Waals surface area contributed by atoms with Gasteiger partial charge in [0.1, 0.15) is 17.7 Å². The van der Waals surface area contributed by atoms with E-state index in [9.17, 15) is 27.5 Å². The molecule has 0 aromatic heterocycles. The van der Waals surface area contributed by atoms with Crippen LogP contribution in [0.25, 0.3) is 0 Å². The Hall–Kier alpha value is -2.56. The fourth-order valence-corrected chi connectivity index (χ4v) is 6.67. The molecule has 2 saturated carbocycles. The normalized spacial score (nSPS) is 27.3. The smallest absolute Gasteiger partial charge is 0.255 e. The highest BCUT2D eigenvalue weighted by atomic mass is 35.5. The van der Waals surface area contributed by atoms with Gasteiger partial charge in [-0.3, -0.25) is 9.59 Å². The highest BCUT2D eigenvalue weighted by Gasteiger charge is 2.76. The number of primary amides is 1. The first-order valence-corrected chi connectivity index (χ1v) is 13.4. The second kappa shape index (κ2) is 7.72. The average molecular weight is 525 g/mol. The Kier molecular flexibility index (Phi) is 5.32. The quantitative estimate of drug-likeness (QED) is 0.563. The minimum Gasteiger partial charge on any atom is -0.389 e. The predicted octanol–water partition coefficient (Wildman–Crippen LogP) is 2.79. The number of fused-ring (bicyclic) bond motifs is 1. The Morgan fingerprint density at radius 3 is 2.49 bits per heavy atom. The average Bonchev–Trinajstić information content (AvgIpc) is 3.67. The third-order valence-corrected chi connectivity index (χ3v) is 8.99. The number of sulfone groups is 1. The van der Waals surface area contributed by atoms with E-state index in [1.54, 1.807) is 0 Å². The zero-order valence-electron chi connectivity index (χ0n) is 18.7. The van der Waals surface area contributed by atoms with Crippen LogP contribution in [0.3, 0.4) is 0 Å². The van der Waals surface area contributed by atoms with Crippen molar-refractivity contribution in [2.45, 2.75) is 53.7 Å². The monoisotopic (exact) mass is 524 g/mol. The Balaban J connectivity index is 1.66. The number of carbonyl (C=O) groups excluding carboxylic acids is 2. The molecule has 2 aliphatic carbocycles. The summed E-state index contributed by atoms with van der Waals surface area (Å²) in [5.74, 6) is -4.44. The van der Waals surface area contributed by atoms with E-state index < -0.39 is 61.4 Å². The van der Waals surface area contributed by atoms with Crippen molar-refractivity contribution in [3.8, 4) is 0 Å². The Labute approximate surface area is 205 Å². The summed E-state index contributed by atoms with van der Waals surface area (Å²) in [5, 5.41) is 10.9. The van der Waals surface area contributed by atoms with Crippen LogP contribution in [0.1, 0.15) is 47.5 Å². The van der Waals surface area contributed by atoms with Crippen molar-refractivity contribution in [1.82, 2.24) is 4.90 Å². The molecule has 3 fully saturated rings. The van der Waals surface area contributed by atoms with Crippen molar-refractivity contribution >= 4 is 33.3 Å². The highest BCUT2D eigenvalue weighted by Crippen LogP contribution is 2.70. The molecule has 35 heavy (non-hydrogen) atoms. The van der Waals surface area contributed by atoms with Crippen LogP contribution in [-0.4, -0.2) is 53.7 Å². The summed E-state index contributed by atoms with van der Waals surface area (Å²) in [6, 6.07) is 6.11. The van der Waals surface area contributed by atoms with Gasteiger partial charge in [0.2, 0.25) is 5.91 Å². The summed E-state index contributed by atoms with van der Waals surface area (Å²) < 4.78 is 53.7. The lowest BCUT2D eigenvalue weighted by molar-refractivity contribution is -0.123. The third-order valence-electron chi connectivity index (χ3n) is 7.59. The molecule has 7 nitrogen and oxygen atoms in total. The van der Waals surface area contributed by atoms with Crippen LogP contribution in [-0.2, 0) is 14.6 Å². The lowest BCUT2D eigenvalue weighted by Gasteiger charge is -2.40. The first kappa shape index (κ1) is 24.1. The van der Waals surface area contributed by atoms with Crippen molar-refractivity contribution in [2.75, 3.05) is 6.26 Å². The van der Waals surface area contributed by atoms with Crippen molar-refractivity contribution in [2.24, 2.45) is 11.7 Å². The molecule has 1 saturated heterocycles. The van der Waals surface area contributed by atoms with Crippen LogP contribution in [0.4, 0.5) is 8.78 Å². The van der Waals surface area contributed by atoms with Crippen molar-refractivity contribution < 1.29 is 31.9 Å². The molecule has 11 heteroatoms. The number of carbonyl (C=O) groups is 2. The molecule has 1 heterocycles. The van der Waals surface area contributed by atoms with Gasteiger partial charge in [-0.25, -0.2) is 17.2 Å². The second-order valence-electron chi connectivity index (χ2n) is 9.85. The van der Waals surface area contributed by atoms with Gasteiger partial charge < -0.3 is 15.7 Å². The van der Waals surface area contributed by atoms with E-state index in [1.807, 2.05) is 0 Å². The lowest BCUT2D eigenvalue weighted by atomic mass is 9.80. The summed E-state index contributed by atoms with van der Waals surface area (Å²) in [5.41, 5.74) is 2.93. The topological polar surface area (TPSA) is 118 Å². The van der Waals surface area contributed by atoms with E-state index in [-0.39, 0.29) is 28.4 Å². The molecule has 1 aliphatic heterocycles. The Morgan fingerprint density at radius 2 is 1.89 bits per heavy atom. The van der Waals surface area contributed by atoms with E-state index in [0.717, 1.165) is 18.4 Å². The van der Waals surface area contributed by atoms with Crippen LogP contribution in [0.15, 0.2) is 41.3 Å². The first-order chi connectivity index (χ1) is 16.3. The number of hydrogen-bond acceptors (Lipinski definition) is 5. The molecule has 2 aromatic carbocycles. The number of amides is 2. The molecule has 0 radical (unpaired) electrons. The van der Waals surface area contributed by atoms with E-state index in [2.05, 4.69) is 0 Å². The number of likely N-dealkylation sites (tertiary alicyclic amines) is 1. The van der Waals surface area contributed by atoms with Gasteiger partial charge in [-0.05, 0) is 67.5 Å².